The third kappa shape index (κ3) is 9.92. The number of hydrogen-bond acceptors (Lipinski definition) is 0. The van der Waals surface area contributed by atoms with Gasteiger partial charge in [-0.2, -0.15) is 0 Å². The highest BCUT2D eigenvalue weighted by molar-refractivity contribution is 5.15. The summed E-state index contributed by atoms with van der Waals surface area (Å²) in [4.78, 5) is 0. The number of benzene rings is 1. The van der Waals surface area contributed by atoms with Gasteiger partial charge in [0, 0.05) is 6.42 Å². The van der Waals surface area contributed by atoms with Crippen LogP contribution in [0.3, 0.4) is 0 Å². The van der Waals surface area contributed by atoms with Gasteiger partial charge >= 0.3 is 0 Å². The molecule has 1 aromatic carbocycles. The molecular weight excluding hydrogens is 278 g/mol. The van der Waals surface area contributed by atoms with E-state index in [0.29, 0.717) is 12.3 Å². The van der Waals surface area contributed by atoms with Gasteiger partial charge in [-0.25, -0.2) is 8.78 Å². The lowest BCUT2D eigenvalue weighted by Gasteiger charge is -2.17. The Kier molecular flexibility index (Phi) is 11.0. The molecule has 1 unspecified atom stereocenters. The molecule has 22 heavy (non-hydrogen) atoms. The second-order valence-corrected chi connectivity index (χ2v) is 6.43. The van der Waals surface area contributed by atoms with Crippen LogP contribution in [-0.2, 0) is 6.42 Å². The van der Waals surface area contributed by atoms with Gasteiger partial charge in [-0.15, -0.1) is 0 Å². The van der Waals surface area contributed by atoms with Crippen LogP contribution in [0.15, 0.2) is 30.3 Å². The second-order valence-electron chi connectivity index (χ2n) is 6.43. The van der Waals surface area contributed by atoms with E-state index in [1.165, 1.54) is 50.5 Å². The van der Waals surface area contributed by atoms with Crippen molar-refractivity contribution in [2.75, 3.05) is 0 Å². The number of unbranched alkanes of at least 4 members (excludes halogenated alkanes) is 6. The standard InChI is InChI=1S/C20H32F2/c1-2-3-4-5-6-7-9-14-19(15-16-20(21)22)17-18-12-10-8-11-13-18/h8,10-13,19-20H,2-7,9,14-17H2,1H3. The highest BCUT2D eigenvalue weighted by Crippen LogP contribution is 2.23. The molecule has 0 bridgehead atoms. The average Bonchev–Trinajstić information content (AvgIpc) is 2.52. The van der Waals surface area contributed by atoms with E-state index in [-0.39, 0.29) is 6.42 Å². The molecule has 0 aliphatic carbocycles. The Morgan fingerprint density at radius 1 is 0.773 bits per heavy atom. The first-order valence-electron chi connectivity index (χ1n) is 9.04. The van der Waals surface area contributed by atoms with E-state index in [2.05, 4.69) is 19.1 Å². The Bertz CT molecular complexity index is 348. The molecule has 1 aromatic rings. The highest BCUT2D eigenvalue weighted by atomic mass is 19.3. The number of hydrogen-bond donors (Lipinski definition) is 0. The first-order valence-corrected chi connectivity index (χ1v) is 9.04. The molecule has 0 heterocycles. The SMILES string of the molecule is CCCCCCCCCC(CCC(F)F)Cc1ccccc1. The predicted octanol–water partition coefficient (Wildman–Crippen LogP) is 7.03. The van der Waals surface area contributed by atoms with Gasteiger partial charge in [0.25, 0.3) is 0 Å². The molecule has 0 aromatic heterocycles. The van der Waals surface area contributed by atoms with Crippen molar-refractivity contribution >= 4 is 0 Å². The summed E-state index contributed by atoms with van der Waals surface area (Å²) in [6, 6.07) is 10.3. The average molecular weight is 310 g/mol. The molecule has 0 N–H and O–H groups in total. The normalized spacial score (nSPS) is 12.7. The van der Waals surface area contributed by atoms with Crippen LogP contribution in [0.4, 0.5) is 8.78 Å². The van der Waals surface area contributed by atoms with Crippen molar-refractivity contribution in [2.45, 2.75) is 84.0 Å². The Morgan fingerprint density at radius 2 is 1.41 bits per heavy atom. The van der Waals surface area contributed by atoms with E-state index in [9.17, 15) is 8.78 Å². The zero-order chi connectivity index (χ0) is 16.0. The number of halogens is 2. The van der Waals surface area contributed by atoms with Crippen LogP contribution in [-0.4, -0.2) is 6.43 Å². The highest BCUT2D eigenvalue weighted by Gasteiger charge is 2.13. The predicted molar refractivity (Wildman–Crippen MR) is 91.5 cm³/mol. The smallest absolute Gasteiger partial charge is 0.211 e. The lowest BCUT2D eigenvalue weighted by molar-refractivity contribution is 0.126. The summed E-state index contributed by atoms with van der Waals surface area (Å²) in [5, 5.41) is 0. The Morgan fingerprint density at radius 3 is 2.05 bits per heavy atom. The molecule has 1 atom stereocenters. The summed E-state index contributed by atoms with van der Waals surface area (Å²) in [6.07, 6.45) is 9.62. The van der Waals surface area contributed by atoms with Crippen LogP contribution >= 0.6 is 0 Å². The number of rotatable bonds is 13. The molecule has 0 amide bonds. The van der Waals surface area contributed by atoms with Crippen LogP contribution in [0.25, 0.3) is 0 Å². The largest absolute Gasteiger partial charge is 0.238 e. The maximum absolute atomic E-state index is 12.5. The summed E-state index contributed by atoms with van der Waals surface area (Å²) in [6.45, 7) is 2.23. The van der Waals surface area contributed by atoms with E-state index >= 15 is 0 Å². The summed E-state index contributed by atoms with van der Waals surface area (Å²) in [5.74, 6) is 0.409. The molecule has 126 valence electrons. The van der Waals surface area contributed by atoms with E-state index in [4.69, 9.17) is 0 Å². The molecule has 0 saturated carbocycles. The van der Waals surface area contributed by atoms with Crippen molar-refractivity contribution < 1.29 is 8.78 Å². The van der Waals surface area contributed by atoms with Crippen molar-refractivity contribution in [1.29, 1.82) is 0 Å². The monoisotopic (exact) mass is 310 g/mol. The fourth-order valence-corrected chi connectivity index (χ4v) is 3.05. The molecule has 0 fully saturated rings. The molecule has 0 radical (unpaired) electrons. The van der Waals surface area contributed by atoms with Crippen molar-refractivity contribution in [3.63, 3.8) is 0 Å². The van der Waals surface area contributed by atoms with Gasteiger partial charge in [-0.1, -0.05) is 88.6 Å². The third-order valence-electron chi connectivity index (χ3n) is 4.38. The van der Waals surface area contributed by atoms with Crippen LogP contribution in [0.5, 0.6) is 0 Å². The molecular formula is C20H32F2. The summed E-state index contributed by atoms with van der Waals surface area (Å²) in [5.41, 5.74) is 1.28. The third-order valence-corrected chi connectivity index (χ3v) is 4.38. The minimum atomic E-state index is -2.16. The van der Waals surface area contributed by atoms with Crippen LogP contribution < -0.4 is 0 Å². The van der Waals surface area contributed by atoms with Gasteiger partial charge < -0.3 is 0 Å². The molecule has 0 aliphatic heterocycles. The van der Waals surface area contributed by atoms with E-state index in [1.807, 2.05) is 18.2 Å². The first-order chi connectivity index (χ1) is 10.7. The maximum atomic E-state index is 12.5. The Labute approximate surface area is 135 Å². The summed E-state index contributed by atoms with van der Waals surface area (Å²) >= 11 is 0. The van der Waals surface area contributed by atoms with Crippen molar-refractivity contribution in [3.05, 3.63) is 35.9 Å². The molecule has 0 nitrogen and oxygen atoms in total. The summed E-state index contributed by atoms with van der Waals surface area (Å²) in [7, 11) is 0. The lowest BCUT2D eigenvalue weighted by Crippen LogP contribution is -2.07. The van der Waals surface area contributed by atoms with Gasteiger partial charge in [0.15, 0.2) is 0 Å². The van der Waals surface area contributed by atoms with Gasteiger partial charge in [0.2, 0.25) is 6.43 Å². The molecule has 0 spiro atoms. The first kappa shape index (κ1) is 19.1. The minimum absolute atomic E-state index is 0.0496. The van der Waals surface area contributed by atoms with E-state index in [1.54, 1.807) is 0 Å². The topological polar surface area (TPSA) is 0 Å². The molecule has 0 saturated heterocycles. The lowest BCUT2D eigenvalue weighted by atomic mass is 9.89. The van der Waals surface area contributed by atoms with Gasteiger partial charge in [0.1, 0.15) is 0 Å². The van der Waals surface area contributed by atoms with Crippen molar-refractivity contribution in [2.24, 2.45) is 5.92 Å². The summed E-state index contributed by atoms with van der Waals surface area (Å²) < 4.78 is 25.0. The van der Waals surface area contributed by atoms with E-state index in [0.717, 1.165) is 12.8 Å². The van der Waals surface area contributed by atoms with Gasteiger partial charge in [0.05, 0.1) is 0 Å². The fraction of sp³-hybridized carbons (Fsp3) is 0.700. The maximum Gasteiger partial charge on any atom is 0.238 e. The van der Waals surface area contributed by atoms with Crippen LogP contribution in [0.2, 0.25) is 0 Å². The van der Waals surface area contributed by atoms with Gasteiger partial charge in [-0.05, 0) is 24.3 Å². The van der Waals surface area contributed by atoms with E-state index < -0.39 is 6.43 Å². The fourth-order valence-electron chi connectivity index (χ4n) is 3.05. The molecule has 2 heteroatoms. The zero-order valence-electron chi connectivity index (χ0n) is 14.1. The zero-order valence-corrected chi connectivity index (χ0v) is 14.1. The second kappa shape index (κ2) is 12.6. The quantitative estimate of drug-likeness (QED) is 0.343. The molecule has 1 rings (SSSR count). The molecule has 0 aliphatic rings. The number of alkyl halides is 2. The van der Waals surface area contributed by atoms with Crippen LogP contribution in [0, 0.1) is 5.92 Å². The van der Waals surface area contributed by atoms with Gasteiger partial charge in [-0.3, -0.25) is 0 Å². The van der Waals surface area contributed by atoms with Crippen molar-refractivity contribution in [1.82, 2.24) is 0 Å². The van der Waals surface area contributed by atoms with Crippen LogP contribution in [0.1, 0.15) is 76.7 Å². The minimum Gasteiger partial charge on any atom is -0.211 e. The Balaban J connectivity index is 2.26. The Hall–Kier alpha value is -0.920. The van der Waals surface area contributed by atoms with Crippen molar-refractivity contribution in [3.8, 4) is 0 Å².